The van der Waals surface area contributed by atoms with Gasteiger partial charge in [0.2, 0.25) is 0 Å². The van der Waals surface area contributed by atoms with Crippen LogP contribution in [0.2, 0.25) is 0 Å². The summed E-state index contributed by atoms with van der Waals surface area (Å²) in [7, 11) is 0. The van der Waals surface area contributed by atoms with Gasteiger partial charge in [-0.3, -0.25) is 0 Å². The minimum absolute atomic E-state index is 0.166. The Morgan fingerprint density at radius 3 is 2.60 bits per heavy atom. The Bertz CT molecular complexity index is 824. The summed E-state index contributed by atoms with van der Waals surface area (Å²) in [6.07, 6.45) is 0. The lowest BCUT2D eigenvalue weighted by atomic mass is 10.1. The Morgan fingerprint density at radius 1 is 1.15 bits per heavy atom. The summed E-state index contributed by atoms with van der Waals surface area (Å²) in [5.74, 6) is -0.985. The van der Waals surface area contributed by atoms with E-state index in [-0.39, 0.29) is 5.69 Å². The van der Waals surface area contributed by atoms with E-state index >= 15 is 0 Å². The number of nitrogens with zero attached hydrogens (tertiary/aromatic N) is 2. The maximum atomic E-state index is 11.2. The molecule has 1 heterocycles. The van der Waals surface area contributed by atoms with Gasteiger partial charge in [0.15, 0.2) is 5.69 Å². The van der Waals surface area contributed by atoms with Gasteiger partial charge in [-0.1, -0.05) is 28.1 Å². The summed E-state index contributed by atoms with van der Waals surface area (Å²) < 4.78 is 2.47. The van der Waals surface area contributed by atoms with E-state index in [1.807, 2.05) is 36.4 Å². The van der Waals surface area contributed by atoms with Crippen molar-refractivity contribution in [3.05, 3.63) is 58.3 Å². The zero-order valence-electron chi connectivity index (χ0n) is 10.7. The number of carboxylic acids is 1. The van der Waals surface area contributed by atoms with Gasteiger partial charge in [0.25, 0.3) is 0 Å². The van der Waals surface area contributed by atoms with E-state index in [4.69, 9.17) is 0 Å². The highest BCUT2D eigenvalue weighted by atomic mass is 79.9. The van der Waals surface area contributed by atoms with Crippen molar-refractivity contribution < 1.29 is 9.90 Å². The molecule has 3 rings (SSSR count). The van der Waals surface area contributed by atoms with Crippen molar-refractivity contribution in [3.63, 3.8) is 0 Å². The number of hydrogen-bond donors (Lipinski definition) is 1. The highest BCUT2D eigenvalue weighted by Crippen LogP contribution is 2.23. The molecular weight excluding hydrogens is 320 g/mol. The number of carboxylic acid groups (broad SMARTS) is 1. The molecule has 1 N–H and O–H groups in total. The van der Waals surface area contributed by atoms with Crippen LogP contribution in [-0.4, -0.2) is 20.9 Å². The van der Waals surface area contributed by atoms with E-state index in [9.17, 15) is 9.90 Å². The van der Waals surface area contributed by atoms with Crippen molar-refractivity contribution in [2.75, 3.05) is 0 Å². The molecule has 0 atom stereocenters. The summed E-state index contributed by atoms with van der Waals surface area (Å²) in [6.45, 7) is 1.78. The average Bonchev–Trinajstić information content (AvgIpc) is 2.80. The summed E-state index contributed by atoms with van der Waals surface area (Å²) in [4.78, 5) is 11.2. The van der Waals surface area contributed by atoms with Crippen LogP contribution in [0.25, 0.3) is 16.5 Å². The molecule has 4 nitrogen and oxygen atoms in total. The lowest BCUT2D eigenvalue weighted by Gasteiger charge is -2.06. The van der Waals surface area contributed by atoms with Crippen LogP contribution >= 0.6 is 15.9 Å². The lowest BCUT2D eigenvalue weighted by Crippen LogP contribution is -2.07. The second-order valence-electron chi connectivity index (χ2n) is 4.56. The standard InChI is InChI=1S/C15H11BrN2O2/c1-9-6-14(15(19)20)18(17-9)13-5-3-10-7-12(16)4-2-11(10)8-13/h2-8H,1H3,(H,19,20). The Kier molecular flexibility index (Phi) is 3.06. The van der Waals surface area contributed by atoms with E-state index in [0.717, 1.165) is 20.9 Å². The van der Waals surface area contributed by atoms with Crippen molar-refractivity contribution in [2.45, 2.75) is 6.92 Å². The molecule has 0 saturated heterocycles. The maximum absolute atomic E-state index is 11.2. The molecule has 0 radical (unpaired) electrons. The third-order valence-corrected chi connectivity index (χ3v) is 3.57. The molecule has 3 aromatic rings. The summed E-state index contributed by atoms with van der Waals surface area (Å²) >= 11 is 3.43. The van der Waals surface area contributed by atoms with Crippen molar-refractivity contribution in [1.82, 2.24) is 9.78 Å². The molecule has 0 unspecified atom stereocenters. The van der Waals surface area contributed by atoms with Crippen LogP contribution in [0, 0.1) is 6.92 Å². The molecule has 0 aliphatic rings. The monoisotopic (exact) mass is 330 g/mol. The van der Waals surface area contributed by atoms with Gasteiger partial charge in [-0.15, -0.1) is 0 Å². The number of aromatic nitrogens is 2. The first kappa shape index (κ1) is 12.9. The van der Waals surface area contributed by atoms with Gasteiger partial charge in [-0.25, -0.2) is 9.48 Å². The third kappa shape index (κ3) is 2.20. The Labute approximate surface area is 123 Å². The summed E-state index contributed by atoms with van der Waals surface area (Å²) in [5, 5.41) is 15.6. The average molecular weight is 331 g/mol. The van der Waals surface area contributed by atoms with E-state index < -0.39 is 5.97 Å². The van der Waals surface area contributed by atoms with E-state index in [0.29, 0.717) is 5.69 Å². The number of hydrogen-bond acceptors (Lipinski definition) is 2. The quantitative estimate of drug-likeness (QED) is 0.777. The minimum atomic E-state index is -0.985. The van der Waals surface area contributed by atoms with Crippen LogP contribution in [-0.2, 0) is 0 Å². The van der Waals surface area contributed by atoms with Crippen LogP contribution in [0.3, 0.4) is 0 Å². The largest absolute Gasteiger partial charge is 0.477 e. The Balaban J connectivity index is 2.20. The highest BCUT2D eigenvalue weighted by molar-refractivity contribution is 9.10. The lowest BCUT2D eigenvalue weighted by molar-refractivity contribution is 0.0687. The van der Waals surface area contributed by atoms with Gasteiger partial charge in [-0.2, -0.15) is 5.10 Å². The zero-order valence-corrected chi connectivity index (χ0v) is 12.3. The molecule has 5 heteroatoms. The van der Waals surface area contributed by atoms with Crippen molar-refractivity contribution in [2.24, 2.45) is 0 Å². The van der Waals surface area contributed by atoms with Crippen LogP contribution < -0.4 is 0 Å². The van der Waals surface area contributed by atoms with Gasteiger partial charge in [0, 0.05) is 4.47 Å². The number of benzene rings is 2. The fourth-order valence-corrected chi connectivity index (χ4v) is 2.56. The topological polar surface area (TPSA) is 55.1 Å². The van der Waals surface area contributed by atoms with E-state index in [1.54, 1.807) is 13.0 Å². The number of rotatable bonds is 2. The Morgan fingerprint density at radius 2 is 1.85 bits per heavy atom. The van der Waals surface area contributed by atoms with Gasteiger partial charge >= 0.3 is 5.97 Å². The number of fused-ring (bicyclic) bond motifs is 1. The molecule has 100 valence electrons. The molecular formula is C15H11BrN2O2. The predicted molar refractivity (Wildman–Crippen MR) is 80.5 cm³/mol. The summed E-state index contributed by atoms with van der Waals surface area (Å²) in [5.41, 5.74) is 1.59. The first-order valence-electron chi connectivity index (χ1n) is 6.04. The molecule has 0 spiro atoms. The van der Waals surface area contributed by atoms with Gasteiger partial charge in [-0.05, 0) is 48.0 Å². The van der Waals surface area contributed by atoms with Gasteiger partial charge in [0.1, 0.15) is 0 Å². The molecule has 0 bridgehead atoms. The predicted octanol–water partition coefficient (Wildman–Crippen LogP) is 3.79. The number of aromatic carboxylic acids is 1. The second kappa shape index (κ2) is 4.76. The van der Waals surface area contributed by atoms with Crippen LogP contribution in [0.15, 0.2) is 46.9 Å². The van der Waals surface area contributed by atoms with Crippen LogP contribution in [0.1, 0.15) is 16.2 Å². The molecule has 20 heavy (non-hydrogen) atoms. The summed E-state index contributed by atoms with van der Waals surface area (Å²) in [6, 6.07) is 13.3. The first-order chi connectivity index (χ1) is 9.54. The SMILES string of the molecule is Cc1cc(C(=O)O)n(-c2ccc3cc(Br)ccc3c2)n1. The van der Waals surface area contributed by atoms with Crippen molar-refractivity contribution in [3.8, 4) is 5.69 Å². The number of carbonyl (C=O) groups is 1. The second-order valence-corrected chi connectivity index (χ2v) is 5.48. The van der Waals surface area contributed by atoms with Gasteiger partial charge in [0.05, 0.1) is 11.4 Å². The van der Waals surface area contributed by atoms with Crippen LogP contribution in [0.5, 0.6) is 0 Å². The number of halogens is 1. The smallest absolute Gasteiger partial charge is 0.354 e. The fourth-order valence-electron chi connectivity index (χ4n) is 2.18. The molecule has 0 aliphatic carbocycles. The Hall–Kier alpha value is -2.14. The number of aryl methyl sites for hydroxylation is 1. The first-order valence-corrected chi connectivity index (χ1v) is 6.83. The molecule has 0 amide bonds. The molecule has 0 saturated carbocycles. The molecule has 1 aromatic heterocycles. The van der Waals surface area contributed by atoms with E-state index in [1.165, 1.54) is 4.68 Å². The van der Waals surface area contributed by atoms with E-state index in [2.05, 4.69) is 21.0 Å². The van der Waals surface area contributed by atoms with Gasteiger partial charge < -0.3 is 5.11 Å². The minimum Gasteiger partial charge on any atom is -0.477 e. The van der Waals surface area contributed by atoms with Crippen molar-refractivity contribution in [1.29, 1.82) is 0 Å². The zero-order chi connectivity index (χ0) is 14.3. The highest BCUT2D eigenvalue weighted by Gasteiger charge is 2.14. The maximum Gasteiger partial charge on any atom is 0.354 e. The molecule has 0 aliphatic heterocycles. The normalized spacial score (nSPS) is 10.9. The third-order valence-electron chi connectivity index (χ3n) is 3.08. The molecule has 2 aromatic carbocycles. The van der Waals surface area contributed by atoms with Crippen LogP contribution in [0.4, 0.5) is 0 Å². The molecule has 0 fully saturated rings. The van der Waals surface area contributed by atoms with Crippen molar-refractivity contribution >= 4 is 32.7 Å². The fraction of sp³-hybridized carbons (Fsp3) is 0.0667.